The van der Waals surface area contributed by atoms with Crippen LogP contribution in [-0.4, -0.2) is 21.8 Å². The highest BCUT2D eigenvalue weighted by Crippen LogP contribution is 2.23. The van der Waals surface area contributed by atoms with Gasteiger partial charge in [0.2, 0.25) is 0 Å². The Hall–Kier alpha value is -1.97. The van der Waals surface area contributed by atoms with Gasteiger partial charge < -0.3 is 14.9 Å². The van der Waals surface area contributed by atoms with E-state index in [9.17, 15) is 9.90 Å². The van der Waals surface area contributed by atoms with Gasteiger partial charge in [0.25, 0.3) is 0 Å². The van der Waals surface area contributed by atoms with E-state index in [2.05, 4.69) is 0 Å². The first-order valence-corrected chi connectivity index (χ1v) is 5.21. The molecule has 1 aromatic carbocycles. The van der Waals surface area contributed by atoms with Crippen molar-refractivity contribution in [2.75, 3.05) is 0 Å². The fourth-order valence-electron chi connectivity index (χ4n) is 1.17. The van der Waals surface area contributed by atoms with E-state index in [1.807, 2.05) is 0 Å². The van der Waals surface area contributed by atoms with E-state index in [0.717, 1.165) is 0 Å². The van der Waals surface area contributed by atoms with Crippen LogP contribution in [0.1, 0.15) is 26.3 Å². The third kappa shape index (κ3) is 4.59. The molecular formula is C13H16O4. The number of esters is 1. The number of hydrogen-bond acceptors (Lipinski definition) is 4. The van der Waals surface area contributed by atoms with E-state index in [1.165, 1.54) is 30.4 Å². The minimum Gasteiger partial charge on any atom is -0.508 e. The second-order valence-corrected chi connectivity index (χ2v) is 4.61. The number of aromatic hydroxyl groups is 2. The largest absolute Gasteiger partial charge is 0.508 e. The second kappa shape index (κ2) is 4.91. The lowest BCUT2D eigenvalue weighted by molar-refractivity contribution is -0.148. The molecule has 0 aliphatic rings. The Morgan fingerprint density at radius 2 is 1.94 bits per heavy atom. The predicted octanol–water partition coefficient (Wildman–Crippen LogP) is 2.45. The zero-order chi connectivity index (χ0) is 13.1. The lowest BCUT2D eigenvalue weighted by atomic mass is 10.1. The van der Waals surface area contributed by atoms with Crippen molar-refractivity contribution >= 4 is 12.0 Å². The topological polar surface area (TPSA) is 66.8 Å². The summed E-state index contributed by atoms with van der Waals surface area (Å²) in [4.78, 5) is 11.4. The van der Waals surface area contributed by atoms with Crippen LogP contribution < -0.4 is 0 Å². The summed E-state index contributed by atoms with van der Waals surface area (Å²) in [6.45, 7) is 5.32. The van der Waals surface area contributed by atoms with E-state index in [0.29, 0.717) is 5.56 Å². The Bertz CT molecular complexity index is 441. The van der Waals surface area contributed by atoms with Gasteiger partial charge in [-0.15, -0.1) is 0 Å². The van der Waals surface area contributed by atoms with Crippen LogP contribution in [0.15, 0.2) is 24.3 Å². The van der Waals surface area contributed by atoms with Crippen molar-refractivity contribution < 1.29 is 19.7 Å². The SMILES string of the molecule is CC(C)(C)OC(=O)/C=C/c1ccc(O)cc1O. The third-order valence-corrected chi connectivity index (χ3v) is 1.82. The van der Waals surface area contributed by atoms with Gasteiger partial charge in [-0.1, -0.05) is 0 Å². The number of hydrogen-bond donors (Lipinski definition) is 2. The van der Waals surface area contributed by atoms with Gasteiger partial charge in [0, 0.05) is 17.7 Å². The zero-order valence-corrected chi connectivity index (χ0v) is 10.1. The molecule has 0 heterocycles. The predicted molar refractivity (Wildman–Crippen MR) is 64.7 cm³/mol. The number of carbonyl (C=O) groups is 1. The van der Waals surface area contributed by atoms with Gasteiger partial charge in [-0.3, -0.25) is 0 Å². The number of rotatable bonds is 2. The number of phenolic OH excluding ortho intramolecular Hbond substituents is 2. The van der Waals surface area contributed by atoms with Gasteiger partial charge in [-0.25, -0.2) is 4.79 Å². The Kier molecular flexibility index (Phi) is 3.78. The van der Waals surface area contributed by atoms with Crippen LogP contribution in [-0.2, 0) is 9.53 Å². The van der Waals surface area contributed by atoms with Crippen molar-refractivity contribution in [1.82, 2.24) is 0 Å². The molecule has 0 aliphatic carbocycles. The van der Waals surface area contributed by atoms with Crippen molar-refractivity contribution in [3.05, 3.63) is 29.8 Å². The van der Waals surface area contributed by atoms with Crippen molar-refractivity contribution in [1.29, 1.82) is 0 Å². The maximum atomic E-state index is 11.4. The van der Waals surface area contributed by atoms with E-state index in [4.69, 9.17) is 9.84 Å². The summed E-state index contributed by atoms with van der Waals surface area (Å²) in [7, 11) is 0. The zero-order valence-electron chi connectivity index (χ0n) is 10.1. The molecule has 0 aromatic heterocycles. The number of phenols is 2. The average molecular weight is 236 g/mol. The number of benzene rings is 1. The summed E-state index contributed by atoms with van der Waals surface area (Å²) < 4.78 is 5.07. The summed E-state index contributed by atoms with van der Waals surface area (Å²) in [6.07, 6.45) is 2.67. The molecular weight excluding hydrogens is 220 g/mol. The highest BCUT2D eigenvalue weighted by atomic mass is 16.6. The normalized spacial score (nSPS) is 11.7. The van der Waals surface area contributed by atoms with Crippen LogP contribution in [0.4, 0.5) is 0 Å². The average Bonchev–Trinajstić information content (AvgIpc) is 2.13. The highest BCUT2D eigenvalue weighted by molar-refractivity contribution is 5.87. The molecule has 0 unspecified atom stereocenters. The van der Waals surface area contributed by atoms with Gasteiger partial charge in [0.15, 0.2) is 0 Å². The Morgan fingerprint density at radius 1 is 1.29 bits per heavy atom. The van der Waals surface area contributed by atoms with Gasteiger partial charge in [0.1, 0.15) is 17.1 Å². The molecule has 92 valence electrons. The molecule has 0 bridgehead atoms. The first-order chi connectivity index (χ1) is 7.78. The lowest BCUT2D eigenvalue weighted by Crippen LogP contribution is -2.22. The maximum absolute atomic E-state index is 11.4. The first kappa shape index (κ1) is 13.1. The first-order valence-electron chi connectivity index (χ1n) is 5.21. The van der Waals surface area contributed by atoms with E-state index in [-0.39, 0.29) is 11.5 Å². The molecule has 1 aromatic rings. The van der Waals surface area contributed by atoms with Crippen molar-refractivity contribution in [2.24, 2.45) is 0 Å². The van der Waals surface area contributed by atoms with Crippen LogP contribution in [0.25, 0.3) is 6.08 Å². The Labute approximate surface area is 100 Å². The molecule has 4 nitrogen and oxygen atoms in total. The minimum atomic E-state index is -0.543. The van der Waals surface area contributed by atoms with E-state index in [1.54, 1.807) is 20.8 Å². The van der Waals surface area contributed by atoms with Crippen LogP contribution in [0.5, 0.6) is 11.5 Å². The summed E-state index contributed by atoms with van der Waals surface area (Å²) in [5, 5.41) is 18.6. The molecule has 1 rings (SSSR count). The monoisotopic (exact) mass is 236 g/mol. The lowest BCUT2D eigenvalue weighted by Gasteiger charge is -2.17. The number of carbonyl (C=O) groups excluding carboxylic acids is 1. The summed E-state index contributed by atoms with van der Waals surface area (Å²) >= 11 is 0. The summed E-state index contributed by atoms with van der Waals surface area (Å²) in [6, 6.07) is 4.13. The molecule has 0 atom stereocenters. The van der Waals surface area contributed by atoms with Gasteiger partial charge >= 0.3 is 5.97 Å². The molecule has 17 heavy (non-hydrogen) atoms. The van der Waals surface area contributed by atoms with Crippen LogP contribution in [0.2, 0.25) is 0 Å². The highest BCUT2D eigenvalue weighted by Gasteiger charge is 2.13. The molecule has 0 amide bonds. The maximum Gasteiger partial charge on any atom is 0.331 e. The Balaban J connectivity index is 2.74. The fraction of sp³-hybridized carbons (Fsp3) is 0.308. The minimum absolute atomic E-state index is 0.0306. The molecule has 0 spiro atoms. The second-order valence-electron chi connectivity index (χ2n) is 4.61. The summed E-state index contributed by atoms with van der Waals surface area (Å²) in [5.74, 6) is -0.605. The van der Waals surface area contributed by atoms with Crippen LogP contribution >= 0.6 is 0 Å². The van der Waals surface area contributed by atoms with Crippen molar-refractivity contribution in [3.63, 3.8) is 0 Å². The van der Waals surface area contributed by atoms with Gasteiger partial charge in [0.05, 0.1) is 0 Å². The van der Waals surface area contributed by atoms with Gasteiger partial charge in [-0.05, 0) is 39.0 Å². The number of ether oxygens (including phenoxy) is 1. The molecule has 0 aliphatic heterocycles. The van der Waals surface area contributed by atoms with Crippen molar-refractivity contribution in [2.45, 2.75) is 26.4 Å². The van der Waals surface area contributed by atoms with Crippen LogP contribution in [0.3, 0.4) is 0 Å². The molecule has 0 saturated carbocycles. The van der Waals surface area contributed by atoms with E-state index < -0.39 is 11.6 Å². The molecule has 0 fully saturated rings. The summed E-state index contributed by atoms with van der Waals surface area (Å²) in [5.41, 5.74) is -0.105. The fourth-order valence-corrected chi connectivity index (χ4v) is 1.17. The third-order valence-electron chi connectivity index (χ3n) is 1.82. The smallest absolute Gasteiger partial charge is 0.331 e. The quantitative estimate of drug-likeness (QED) is 0.611. The van der Waals surface area contributed by atoms with Crippen LogP contribution in [0, 0.1) is 0 Å². The Morgan fingerprint density at radius 3 is 2.47 bits per heavy atom. The molecule has 2 N–H and O–H groups in total. The van der Waals surface area contributed by atoms with Gasteiger partial charge in [-0.2, -0.15) is 0 Å². The molecule has 0 radical (unpaired) electrons. The molecule has 0 saturated heterocycles. The standard InChI is InChI=1S/C13H16O4/c1-13(2,3)17-12(16)7-5-9-4-6-10(14)8-11(9)15/h4-8,14-15H,1-3H3/b7-5+. The molecule has 4 heteroatoms. The van der Waals surface area contributed by atoms with E-state index >= 15 is 0 Å². The van der Waals surface area contributed by atoms with Crippen molar-refractivity contribution in [3.8, 4) is 11.5 Å².